The van der Waals surface area contributed by atoms with Crippen molar-refractivity contribution in [2.24, 2.45) is 0 Å². The third-order valence-electron chi connectivity index (χ3n) is 5.82. The predicted octanol–water partition coefficient (Wildman–Crippen LogP) is 4.67. The van der Waals surface area contributed by atoms with E-state index in [2.05, 4.69) is 41.3 Å². The number of benzene rings is 3. The van der Waals surface area contributed by atoms with Gasteiger partial charge in [0.1, 0.15) is 0 Å². The van der Waals surface area contributed by atoms with Gasteiger partial charge in [-0.2, -0.15) is 0 Å². The maximum absolute atomic E-state index is 13.0. The molecule has 32 heavy (non-hydrogen) atoms. The molecule has 1 saturated heterocycles. The topological polar surface area (TPSA) is 49.9 Å². The van der Waals surface area contributed by atoms with Gasteiger partial charge in [0.15, 0.2) is 0 Å². The Morgan fingerprint density at radius 1 is 0.781 bits per heavy atom. The first-order chi connectivity index (χ1) is 15.6. The van der Waals surface area contributed by atoms with E-state index < -0.39 is 5.97 Å². The molecule has 1 fully saturated rings. The van der Waals surface area contributed by atoms with E-state index in [9.17, 15) is 9.59 Å². The van der Waals surface area contributed by atoms with Crippen LogP contribution in [0, 0.1) is 0 Å². The molecule has 1 heterocycles. The first-order valence-corrected chi connectivity index (χ1v) is 11.0. The quantitative estimate of drug-likeness (QED) is 0.532. The number of methoxy groups -OCH3 is 1. The van der Waals surface area contributed by atoms with Gasteiger partial charge < -0.3 is 9.64 Å². The Kier molecular flexibility index (Phi) is 6.88. The summed E-state index contributed by atoms with van der Waals surface area (Å²) in [6.45, 7) is 2.78. The fourth-order valence-electron chi connectivity index (χ4n) is 4.13. The van der Waals surface area contributed by atoms with E-state index in [-0.39, 0.29) is 11.9 Å². The van der Waals surface area contributed by atoms with Gasteiger partial charge in [-0.1, -0.05) is 54.1 Å². The molecule has 5 nitrogen and oxygen atoms in total. The minimum absolute atomic E-state index is 0.0242. The molecule has 164 valence electrons. The number of rotatable bonds is 5. The van der Waals surface area contributed by atoms with E-state index in [1.54, 1.807) is 24.3 Å². The number of ether oxygens (including phenoxy) is 1. The van der Waals surface area contributed by atoms with Crippen LogP contribution in [0.1, 0.15) is 37.9 Å². The zero-order valence-electron chi connectivity index (χ0n) is 17.9. The first-order valence-electron chi connectivity index (χ1n) is 10.6. The molecule has 6 heteroatoms. The van der Waals surface area contributed by atoms with Crippen LogP contribution < -0.4 is 0 Å². The molecule has 3 aromatic rings. The molecule has 1 amide bonds. The van der Waals surface area contributed by atoms with E-state index in [1.165, 1.54) is 18.2 Å². The van der Waals surface area contributed by atoms with Crippen molar-refractivity contribution >= 4 is 23.5 Å². The van der Waals surface area contributed by atoms with Gasteiger partial charge in [-0.3, -0.25) is 9.69 Å². The van der Waals surface area contributed by atoms with Crippen LogP contribution in [0.5, 0.6) is 0 Å². The van der Waals surface area contributed by atoms with Crippen LogP contribution in [-0.2, 0) is 4.74 Å². The molecule has 0 aromatic heterocycles. The van der Waals surface area contributed by atoms with Gasteiger partial charge in [-0.25, -0.2) is 4.79 Å². The molecule has 0 bridgehead atoms. The highest BCUT2D eigenvalue weighted by Gasteiger charge is 2.28. The number of nitrogens with zero attached hydrogens (tertiary/aromatic N) is 2. The van der Waals surface area contributed by atoms with Crippen LogP contribution in [0.15, 0.2) is 78.9 Å². The lowest BCUT2D eigenvalue weighted by Gasteiger charge is -2.39. The first kappa shape index (κ1) is 22.1. The number of amides is 1. The third kappa shape index (κ3) is 4.85. The van der Waals surface area contributed by atoms with Gasteiger partial charge in [0.25, 0.3) is 5.91 Å². The molecule has 1 atom stereocenters. The van der Waals surface area contributed by atoms with Crippen LogP contribution in [0.2, 0.25) is 5.02 Å². The summed E-state index contributed by atoms with van der Waals surface area (Å²) in [6.07, 6.45) is 0. The molecule has 0 saturated carbocycles. The molecule has 0 N–H and O–H groups in total. The Hall–Kier alpha value is -3.15. The van der Waals surface area contributed by atoms with E-state index >= 15 is 0 Å². The van der Waals surface area contributed by atoms with Gasteiger partial charge in [0.2, 0.25) is 0 Å². The summed E-state index contributed by atoms with van der Waals surface area (Å²) in [5.74, 6) is -0.435. The van der Waals surface area contributed by atoms with E-state index in [0.717, 1.165) is 13.1 Å². The second-order valence-corrected chi connectivity index (χ2v) is 8.20. The third-order valence-corrected chi connectivity index (χ3v) is 6.07. The van der Waals surface area contributed by atoms with Crippen LogP contribution in [-0.4, -0.2) is 55.0 Å². The van der Waals surface area contributed by atoms with E-state index in [1.807, 2.05) is 23.1 Å². The normalized spacial score (nSPS) is 15.2. The summed E-state index contributed by atoms with van der Waals surface area (Å²) in [5, 5.41) is 0.717. The second kappa shape index (κ2) is 9.98. The lowest BCUT2D eigenvalue weighted by Crippen LogP contribution is -2.49. The Bertz CT molecular complexity index is 1060. The zero-order chi connectivity index (χ0) is 22.5. The van der Waals surface area contributed by atoms with Gasteiger partial charge in [0, 0.05) is 36.8 Å². The highest BCUT2D eigenvalue weighted by atomic mass is 35.5. The minimum atomic E-state index is -0.410. The highest BCUT2D eigenvalue weighted by Crippen LogP contribution is 2.30. The van der Waals surface area contributed by atoms with Gasteiger partial charge in [-0.05, 0) is 47.5 Å². The summed E-state index contributed by atoms with van der Waals surface area (Å²) in [4.78, 5) is 28.9. The lowest BCUT2D eigenvalue weighted by atomic mass is 9.96. The monoisotopic (exact) mass is 448 g/mol. The van der Waals surface area contributed by atoms with Crippen molar-refractivity contribution < 1.29 is 14.3 Å². The Balaban J connectivity index is 1.47. The number of hydrogen-bond acceptors (Lipinski definition) is 4. The second-order valence-electron chi connectivity index (χ2n) is 7.76. The number of carbonyl (C=O) groups is 2. The van der Waals surface area contributed by atoms with Crippen molar-refractivity contribution in [3.63, 3.8) is 0 Å². The van der Waals surface area contributed by atoms with Gasteiger partial charge in [0.05, 0.1) is 18.7 Å². The van der Waals surface area contributed by atoms with Crippen LogP contribution >= 0.6 is 11.6 Å². The smallest absolute Gasteiger partial charge is 0.337 e. The summed E-state index contributed by atoms with van der Waals surface area (Å²) in [5.41, 5.74) is 3.40. The molecular weight excluding hydrogens is 424 g/mol. The Morgan fingerprint density at radius 2 is 1.34 bits per heavy atom. The largest absolute Gasteiger partial charge is 0.465 e. The molecular formula is C26H25ClN2O3. The van der Waals surface area contributed by atoms with Crippen molar-refractivity contribution in [3.8, 4) is 0 Å². The molecule has 1 aliphatic rings. The maximum atomic E-state index is 13.0. The molecule has 4 rings (SSSR count). The minimum Gasteiger partial charge on any atom is -0.465 e. The number of piperazine rings is 1. The van der Waals surface area contributed by atoms with Crippen molar-refractivity contribution in [3.05, 3.63) is 106 Å². The van der Waals surface area contributed by atoms with Crippen LogP contribution in [0.3, 0.4) is 0 Å². The van der Waals surface area contributed by atoms with Crippen molar-refractivity contribution in [2.75, 3.05) is 33.3 Å². The van der Waals surface area contributed by atoms with Crippen LogP contribution in [0.4, 0.5) is 0 Å². The maximum Gasteiger partial charge on any atom is 0.337 e. The fraction of sp³-hybridized carbons (Fsp3) is 0.231. The zero-order valence-corrected chi connectivity index (χ0v) is 18.7. The number of esters is 1. The SMILES string of the molecule is COC(=O)c1ccc(C(=O)N2CCN([C@@H](c3ccccc3)c3ccc(Cl)cc3)CC2)cc1. The molecule has 1 aliphatic heterocycles. The Labute approximate surface area is 193 Å². The van der Waals surface area contributed by atoms with Gasteiger partial charge in [-0.15, -0.1) is 0 Å². The number of carbonyl (C=O) groups excluding carboxylic acids is 2. The number of hydrogen-bond donors (Lipinski definition) is 0. The van der Waals surface area contributed by atoms with Crippen LogP contribution in [0.25, 0.3) is 0 Å². The Morgan fingerprint density at radius 3 is 1.94 bits per heavy atom. The highest BCUT2D eigenvalue weighted by molar-refractivity contribution is 6.30. The average molecular weight is 449 g/mol. The standard InChI is InChI=1S/C26H25ClN2O3/c1-32-26(31)22-9-7-21(8-10-22)25(30)29-17-15-28(16-18-29)24(19-5-3-2-4-6-19)20-11-13-23(27)14-12-20/h2-14,24H,15-18H2,1H3/t24-/m0/s1. The van der Waals surface area contributed by atoms with Crippen molar-refractivity contribution in [2.45, 2.75) is 6.04 Å². The average Bonchev–Trinajstić information content (AvgIpc) is 2.85. The molecule has 3 aromatic carbocycles. The number of halogens is 1. The summed E-state index contributed by atoms with van der Waals surface area (Å²) >= 11 is 6.11. The van der Waals surface area contributed by atoms with Crippen molar-refractivity contribution in [1.29, 1.82) is 0 Å². The fourth-order valence-corrected chi connectivity index (χ4v) is 4.25. The summed E-state index contributed by atoms with van der Waals surface area (Å²) < 4.78 is 4.72. The summed E-state index contributed by atoms with van der Waals surface area (Å²) in [7, 11) is 1.34. The van der Waals surface area contributed by atoms with Gasteiger partial charge >= 0.3 is 5.97 Å². The molecule has 0 radical (unpaired) electrons. The van der Waals surface area contributed by atoms with E-state index in [0.29, 0.717) is 29.2 Å². The lowest BCUT2D eigenvalue weighted by molar-refractivity contribution is 0.0587. The molecule has 0 spiro atoms. The molecule has 0 aliphatic carbocycles. The van der Waals surface area contributed by atoms with Crippen molar-refractivity contribution in [1.82, 2.24) is 9.80 Å². The molecule has 0 unspecified atom stereocenters. The van der Waals surface area contributed by atoms with E-state index in [4.69, 9.17) is 16.3 Å². The predicted molar refractivity (Wildman–Crippen MR) is 125 cm³/mol. The summed E-state index contributed by atoms with van der Waals surface area (Å²) in [6, 6.07) is 25.1.